The lowest BCUT2D eigenvalue weighted by Gasteiger charge is -2.13. The summed E-state index contributed by atoms with van der Waals surface area (Å²) in [6.45, 7) is 3.42. The first-order valence-electron chi connectivity index (χ1n) is 6.44. The molecule has 0 spiro atoms. The number of hydrogen-bond donors (Lipinski definition) is 2. The smallest absolute Gasteiger partial charge is 0.322 e. The topological polar surface area (TPSA) is 84.9 Å². The van der Waals surface area contributed by atoms with Crippen molar-refractivity contribution in [3.63, 3.8) is 0 Å². The van der Waals surface area contributed by atoms with E-state index in [1.807, 2.05) is 13.8 Å². The highest BCUT2D eigenvalue weighted by Crippen LogP contribution is 2.29. The van der Waals surface area contributed by atoms with Gasteiger partial charge in [-0.2, -0.15) is 0 Å². The molecule has 1 amide bonds. The fourth-order valence-electron chi connectivity index (χ4n) is 1.53. The summed E-state index contributed by atoms with van der Waals surface area (Å²) in [4.78, 5) is 21.7. The van der Waals surface area contributed by atoms with E-state index in [1.54, 1.807) is 24.3 Å². The van der Waals surface area contributed by atoms with Crippen LogP contribution in [0, 0.1) is 0 Å². The van der Waals surface area contributed by atoms with E-state index in [1.165, 1.54) is 13.2 Å². The van der Waals surface area contributed by atoms with Gasteiger partial charge in [-0.05, 0) is 37.6 Å². The standard InChI is InChI=1S/C15H19NO5/c1-10(2)21-12-6-4-11(8-13(12)20-3)5-7-14(17)16-9-15(18)19/h4-8,10H,9H2,1-3H3,(H,16,17)(H,18,19)/b7-5+. The first kappa shape index (κ1) is 16.6. The molecule has 0 bridgehead atoms. The van der Waals surface area contributed by atoms with Gasteiger partial charge in [-0.25, -0.2) is 0 Å². The second kappa shape index (κ2) is 7.94. The average molecular weight is 293 g/mol. The van der Waals surface area contributed by atoms with Crippen molar-refractivity contribution in [1.82, 2.24) is 5.32 Å². The minimum atomic E-state index is -1.09. The van der Waals surface area contributed by atoms with E-state index in [0.717, 1.165) is 5.56 Å². The minimum Gasteiger partial charge on any atom is -0.493 e. The van der Waals surface area contributed by atoms with Gasteiger partial charge in [-0.15, -0.1) is 0 Å². The van der Waals surface area contributed by atoms with E-state index in [2.05, 4.69) is 5.32 Å². The van der Waals surface area contributed by atoms with Crippen molar-refractivity contribution in [2.75, 3.05) is 13.7 Å². The SMILES string of the molecule is COc1cc(/C=C/C(=O)NCC(=O)O)ccc1OC(C)C. The lowest BCUT2D eigenvalue weighted by atomic mass is 10.2. The third-order valence-corrected chi connectivity index (χ3v) is 2.39. The number of hydrogen-bond acceptors (Lipinski definition) is 4. The van der Waals surface area contributed by atoms with Gasteiger partial charge in [0, 0.05) is 6.08 Å². The van der Waals surface area contributed by atoms with Crippen LogP contribution in [0.4, 0.5) is 0 Å². The zero-order valence-corrected chi connectivity index (χ0v) is 12.3. The fraction of sp³-hybridized carbons (Fsp3) is 0.333. The largest absolute Gasteiger partial charge is 0.493 e. The maximum atomic E-state index is 11.4. The quantitative estimate of drug-likeness (QED) is 0.747. The molecule has 0 heterocycles. The van der Waals surface area contributed by atoms with Crippen LogP contribution in [0.3, 0.4) is 0 Å². The highest BCUT2D eigenvalue weighted by Gasteiger charge is 2.06. The van der Waals surface area contributed by atoms with Gasteiger partial charge >= 0.3 is 5.97 Å². The molecule has 0 aromatic heterocycles. The molecule has 2 N–H and O–H groups in total. The van der Waals surface area contributed by atoms with Crippen molar-refractivity contribution < 1.29 is 24.2 Å². The molecule has 0 saturated carbocycles. The van der Waals surface area contributed by atoms with Crippen LogP contribution in [-0.4, -0.2) is 36.7 Å². The summed E-state index contributed by atoms with van der Waals surface area (Å²) in [7, 11) is 1.54. The van der Waals surface area contributed by atoms with Gasteiger partial charge in [-0.1, -0.05) is 6.07 Å². The molecule has 0 aliphatic rings. The Morgan fingerprint density at radius 1 is 1.33 bits per heavy atom. The molecule has 0 saturated heterocycles. The number of benzene rings is 1. The van der Waals surface area contributed by atoms with E-state index in [0.29, 0.717) is 11.5 Å². The molecule has 0 aliphatic carbocycles. The average Bonchev–Trinajstić information content (AvgIpc) is 2.43. The molecule has 0 aliphatic heterocycles. The molecule has 0 atom stereocenters. The number of nitrogens with one attached hydrogen (secondary N) is 1. The summed E-state index contributed by atoms with van der Waals surface area (Å²) < 4.78 is 10.8. The molecule has 0 fully saturated rings. The van der Waals surface area contributed by atoms with Gasteiger partial charge in [0.05, 0.1) is 13.2 Å². The van der Waals surface area contributed by atoms with E-state index >= 15 is 0 Å². The number of methoxy groups -OCH3 is 1. The van der Waals surface area contributed by atoms with Crippen LogP contribution in [-0.2, 0) is 9.59 Å². The minimum absolute atomic E-state index is 0.0297. The first-order valence-corrected chi connectivity index (χ1v) is 6.44. The Morgan fingerprint density at radius 3 is 2.62 bits per heavy atom. The lowest BCUT2D eigenvalue weighted by molar-refractivity contribution is -0.137. The Kier molecular flexibility index (Phi) is 6.26. The van der Waals surface area contributed by atoms with Gasteiger partial charge in [0.15, 0.2) is 11.5 Å². The lowest BCUT2D eigenvalue weighted by Crippen LogP contribution is -2.27. The number of aliphatic carboxylic acids is 1. The fourth-order valence-corrected chi connectivity index (χ4v) is 1.53. The van der Waals surface area contributed by atoms with Crippen molar-refractivity contribution >= 4 is 18.0 Å². The molecule has 1 aromatic carbocycles. The van der Waals surface area contributed by atoms with E-state index in [-0.39, 0.29) is 6.10 Å². The highest BCUT2D eigenvalue weighted by atomic mass is 16.5. The predicted octanol–water partition coefficient (Wildman–Crippen LogP) is 1.70. The van der Waals surface area contributed by atoms with Gasteiger partial charge < -0.3 is 19.9 Å². The molecular weight excluding hydrogens is 274 g/mol. The van der Waals surface area contributed by atoms with E-state index in [4.69, 9.17) is 14.6 Å². The van der Waals surface area contributed by atoms with E-state index in [9.17, 15) is 9.59 Å². The van der Waals surface area contributed by atoms with Gasteiger partial charge in [-0.3, -0.25) is 9.59 Å². The second-order valence-corrected chi connectivity index (χ2v) is 4.52. The third-order valence-electron chi connectivity index (χ3n) is 2.39. The molecular formula is C15H19NO5. The Morgan fingerprint density at radius 2 is 2.05 bits per heavy atom. The van der Waals surface area contributed by atoms with Gasteiger partial charge in [0.25, 0.3) is 0 Å². The second-order valence-electron chi connectivity index (χ2n) is 4.52. The van der Waals surface area contributed by atoms with E-state index < -0.39 is 18.4 Å². The zero-order valence-electron chi connectivity index (χ0n) is 12.3. The number of rotatable bonds is 7. The number of carboxylic acids is 1. The maximum absolute atomic E-state index is 11.4. The van der Waals surface area contributed by atoms with Crippen LogP contribution in [0.25, 0.3) is 6.08 Å². The molecule has 114 valence electrons. The van der Waals surface area contributed by atoms with Crippen molar-refractivity contribution in [1.29, 1.82) is 0 Å². The number of carbonyl (C=O) groups is 2. The predicted molar refractivity (Wildman–Crippen MR) is 78.4 cm³/mol. The van der Waals surface area contributed by atoms with Crippen molar-refractivity contribution in [3.8, 4) is 11.5 Å². The normalized spacial score (nSPS) is 10.7. The summed E-state index contributed by atoms with van der Waals surface area (Å²) in [6.07, 6.45) is 2.86. The van der Waals surface area contributed by atoms with Crippen LogP contribution < -0.4 is 14.8 Å². The number of ether oxygens (including phenoxy) is 2. The Balaban J connectivity index is 2.75. The summed E-state index contributed by atoms with van der Waals surface area (Å²) >= 11 is 0. The number of carbonyl (C=O) groups excluding carboxylic acids is 1. The van der Waals surface area contributed by atoms with Crippen LogP contribution >= 0.6 is 0 Å². The zero-order chi connectivity index (χ0) is 15.8. The molecule has 6 heteroatoms. The summed E-state index contributed by atoms with van der Waals surface area (Å²) in [5.41, 5.74) is 0.744. The van der Waals surface area contributed by atoms with Crippen molar-refractivity contribution in [2.45, 2.75) is 20.0 Å². The number of amides is 1. The Hall–Kier alpha value is -2.50. The summed E-state index contributed by atoms with van der Waals surface area (Å²) in [5.74, 6) is -0.371. The summed E-state index contributed by atoms with van der Waals surface area (Å²) in [5, 5.41) is 10.7. The molecule has 21 heavy (non-hydrogen) atoms. The monoisotopic (exact) mass is 293 g/mol. The molecule has 1 aromatic rings. The number of carboxylic acid groups (broad SMARTS) is 1. The van der Waals surface area contributed by atoms with Crippen LogP contribution in [0.1, 0.15) is 19.4 Å². The van der Waals surface area contributed by atoms with Crippen LogP contribution in [0.5, 0.6) is 11.5 Å². The molecule has 0 radical (unpaired) electrons. The Bertz CT molecular complexity index is 537. The molecule has 0 unspecified atom stereocenters. The van der Waals surface area contributed by atoms with Gasteiger partial charge in [0.1, 0.15) is 6.54 Å². The molecule has 1 rings (SSSR count). The Labute approximate surface area is 123 Å². The summed E-state index contributed by atoms with van der Waals surface area (Å²) in [6, 6.07) is 5.27. The van der Waals surface area contributed by atoms with Gasteiger partial charge in [0.2, 0.25) is 5.91 Å². The van der Waals surface area contributed by atoms with Crippen molar-refractivity contribution in [3.05, 3.63) is 29.8 Å². The van der Waals surface area contributed by atoms with Crippen molar-refractivity contribution in [2.24, 2.45) is 0 Å². The highest BCUT2D eigenvalue weighted by molar-refractivity contribution is 5.93. The first-order chi connectivity index (χ1) is 9.92. The maximum Gasteiger partial charge on any atom is 0.322 e. The van der Waals surface area contributed by atoms with Crippen LogP contribution in [0.2, 0.25) is 0 Å². The van der Waals surface area contributed by atoms with Crippen LogP contribution in [0.15, 0.2) is 24.3 Å². The third kappa shape index (κ3) is 5.99. The molecule has 6 nitrogen and oxygen atoms in total.